The monoisotopic (exact) mass is 349 g/mol. The SMILES string of the molecule is Cc1cc(C#N)ccc1COc1ccc(CCl)cc1Br. The van der Waals surface area contributed by atoms with Crippen LogP contribution in [0.15, 0.2) is 40.9 Å². The Morgan fingerprint density at radius 2 is 2.05 bits per heavy atom. The fourth-order valence-corrected chi connectivity index (χ4v) is 2.53. The first kappa shape index (κ1) is 14.9. The van der Waals surface area contributed by atoms with Crippen molar-refractivity contribution >= 4 is 27.5 Å². The van der Waals surface area contributed by atoms with Gasteiger partial charge >= 0.3 is 0 Å². The van der Waals surface area contributed by atoms with Crippen molar-refractivity contribution in [2.75, 3.05) is 0 Å². The lowest BCUT2D eigenvalue weighted by Crippen LogP contribution is -1.99. The third kappa shape index (κ3) is 3.53. The Labute approximate surface area is 132 Å². The fourth-order valence-electron chi connectivity index (χ4n) is 1.83. The van der Waals surface area contributed by atoms with Gasteiger partial charge < -0.3 is 4.74 Å². The summed E-state index contributed by atoms with van der Waals surface area (Å²) in [6.45, 7) is 2.45. The van der Waals surface area contributed by atoms with Crippen LogP contribution < -0.4 is 4.74 Å². The minimum atomic E-state index is 0.469. The number of ether oxygens (including phenoxy) is 1. The zero-order valence-corrected chi connectivity index (χ0v) is 13.3. The summed E-state index contributed by atoms with van der Waals surface area (Å²) in [7, 11) is 0. The number of nitriles is 1. The molecule has 0 bridgehead atoms. The van der Waals surface area contributed by atoms with E-state index in [0.29, 0.717) is 18.1 Å². The number of nitrogens with zero attached hydrogens (tertiary/aromatic N) is 1. The second-order valence-electron chi connectivity index (χ2n) is 4.44. The van der Waals surface area contributed by atoms with E-state index in [2.05, 4.69) is 22.0 Å². The Morgan fingerprint density at radius 3 is 2.65 bits per heavy atom. The Bertz CT molecular complexity index is 664. The summed E-state index contributed by atoms with van der Waals surface area (Å²) >= 11 is 9.26. The van der Waals surface area contributed by atoms with Gasteiger partial charge in [0.15, 0.2) is 0 Å². The maximum absolute atomic E-state index is 8.85. The molecule has 0 heterocycles. The van der Waals surface area contributed by atoms with Crippen molar-refractivity contribution in [1.29, 1.82) is 5.26 Å². The van der Waals surface area contributed by atoms with Gasteiger partial charge in [-0.3, -0.25) is 0 Å². The van der Waals surface area contributed by atoms with E-state index in [1.165, 1.54) is 0 Å². The van der Waals surface area contributed by atoms with E-state index in [9.17, 15) is 0 Å². The van der Waals surface area contributed by atoms with Crippen LogP contribution in [0, 0.1) is 18.3 Å². The molecule has 0 saturated carbocycles. The highest BCUT2D eigenvalue weighted by Crippen LogP contribution is 2.27. The normalized spacial score (nSPS) is 10.1. The van der Waals surface area contributed by atoms with E-state index in [4.69, 9.17) is 21.6 Å². The van der Waals surface area contributed by atoms with Crippen LogP contribution in [0.5, 0.6) is 5.75 Å². The molecule has 0 aliphatic heterocycles. The van der Waals surface area contributed by atoms with Gasteiger partial charge in [0.05, 0.1) is 16.1 Å². The van der Waals surface area contributed by atoms with Gasteiger partial charge in [0, 0.05) is 5.88 Å². The highest BCUT2D eigenvalue weighted by Gasteiger charge is 2.05. The van der Waals surface area contributed by atoms with Crippen molar-refractivity contribution in [3.8, 4) is 11.8 Å². The van der Waals surface area contributed by atoms with Crippen LogP contribution in [-0.4, -0.2) is 0 Å². The van der Waals surface area contributed by atoms with Gasteiger partial charge in [-0.15, -0.1) is 11.6 Å². The second kappa shape index (κ2) is 6.78. The summed E-state index contributed by atoms with van der Waals surface area (Å²) in [4.78, 5) is 0. The summed E-state index contributed by atoms with van der Waals surface area (Å²) in [5.41, 5.74) is 3.83. The molecule has 0 aliphatic carbocycles. The number of benzene rings is 2. The van der Waals surface area contributed by atoms with Gasteiger partial charge in [0.2, 0.25) is 0 Å². The molecule has 2 rings (SSSR count). The molecular weight excluding hydrogens is 338 g/mol. The van der Waals surface area contributed by atoms with Crippen LogP contribution in [0.1, 0.15) is 22.3 Å². The average molecular weight is 351 g/mol. The standard InChI is InChI=1S/C16H13BrClNO/c1-11-6-13(9-19)2-4-14(11)10-20-16-5-3-12(8-18)7-15(16)17/h2-7H,8,10H2,1H3. The lowest BCUT2D eigenvalue weighted by atomic mass is 10.1. The molecule has 0 unspecified atom stereocenters. The highest BCUT2D eigenvalue weighted by atomic mass is 79.9. The predicted molar refractivity (Wildman–Crippen MR) is 83.9 cm³/mol. The Kier molecular flexibility index (Phi) is 5.05. The molecule has 0 amide bonds. The molecule has 0 atom stereocenters. The smallest absolute Gasteiger partial charge is 0.134 e. The van der Waals surface area contributed by atoms with E-state index < -0.39 is 0 Å². The molecule has 0 fully saturated rings. The molecule has 102 valence electrons. The quantitative estimate of drug-likeness (QED) is 0.731. The van der Waals surface area contributed by atoms with Gasteiger partial charge in [-0.05, 0) is 63.8 Å². The third-order valence-corrected chi connectivity index (χ3v) is 3.93. The molecule has 4 heteroatoms. The van der Waals surface area contributed by atoms with Crippen molar-refractivity contribution in [1.82, 2.24) is 0 Å². The van der Waals surface area contributed by atoms with Gasteiger partial charge in [-0.25, -0.2) is 0 Å². The molecule has 0 aromatic heterocycles. The topological polar surface area (TPSA) is 33.0 Å². The van der Waals surface area contributed by atoms with E-state index in [0.717, 1.165) is 26.9 Å². The Morgan fingerprint density at radius 1 is 1.25 bits per heavy atom. The summed E-state index contributed by atoms with van der Waals surface area (Å²) in [5, 5.41) is 8.85. The summed E-state index contributed by atoms with van der Waals surface area (Å²) < 4.78 is 6.69. The largest absolute Gasteiger partial charge is 0.488 e. The number of rotatable bonds is 4. The van der Waals surface area contributed by atoms with Gasteiger partial charge in [-0.2, -0.15) is 5.26 Å². The van der Waals surface area contributed by atoms with E-state index in [1.54, 1.807) is 6.07 Å². The zero-order valence-electron chi connectivity index (χ0n) is 11.0. The molecule has 2 nitrogen and oxygen atoms in total. The maximum atomic E-state index is 8.85. The van der Waals surface area contributed by atoms with Gasteiger partial charge in [-0.1, -0.05) is 12.1 Å². The minimum absolute atomic E-state index is 0.469. The van der Waals surface area contributed by atoms with E-state index in [1.807, 2.05) is 37.3 Å². The van der Waals surface area contributed by atoms with Crippen molar-refractivity contribution in [2.45, 2.75) is 19.4 Å². The van der Waals surface area contributed by atoms with Crippen molar-refractivity contribution < 1.29 is 4.74 Å². The fraction of sp³-hybridized carbons (Fsp3) is 0.188. The van der Waals surface area contributed by atoms with Crippen molar-refractivity contribution in [3.63, 3.8) is 0 Å². The third-order valence-electron chi connectivity index (χ3n) is 3.01. The molecule has 20 heavy (non-hydrogen) atoms. The molecule has 0 N–H and O–H groups in total. The van der Waals surface area contributed by atoms with E-state index >= 15 is 0 Å². The lowest BCUT2D eigenvalue weighted by Gasteiger charge is -2.11. The Hall–Kier alpha value is -1.50. The van der Waals surface area contributed by atoms with Gasteiger partial charge in [0.1, 0.15) is 12.4 Å². The Balaban J connectivity index is 2.11. The number of alkyl halides is 1. The first-order valence-corrected chi connectivity index (χ1v) is 7.43. The number of aryl methyl sites for hydroxylation is 1. The van der Waals surface area contributed by atoms with Crippen molar-refractivity contribution in [3.05, 3.63) is 63.1 Å². The number of hydrogen-bond acceptors (Lipinski definition) is 2. The first-order valence-electron chi connectivity index (χ1n) is 6.11. The maximum Gasteiger partial charge on any atom is 0.134 e. The molecule has 2 aromatic rings. The van der Waals surface area contributed by atoms with E-state index in [-0.39, 0.29) is 0 Å². The molecular formula is C16H13BrClNO. The summed E-state index contributed by atoms with van der Waals surface area (Å²) in [6, 6.07) is 13.5. The number of halogens is 2. The zero-order chi connectivity index (χ0) is 14.5. The average Bonchev–Trinajstić information content (AvgIpc) is 2.46. The molecule has 2 aromatic carbocycles. The van der Waals surface area contributed by atoms with Crippen LogP contribution in [0.2, 0.25) is 0 Å². The highest BCUT2D eigenvalue weighted by molar-refractivity contribution is 9.10. The molecule has 0 aliphatic rings. The first-order chi connectivity index (χ1) is 9.63. The lowest BCUT2D eigenvalue weighted by molar-refractivity contribution is 0.303. The van der Waals surface area contributed by atoms with Crippen molar-refractivity contribution in [2.24, 2.45) is 0 Å². The molecule has 0 spiro atoms. The van der Waals surface area contributed by atoms with Crippen LogP contribution in [-0.2, 0) is 12.5 Å². The van der Waals surface area contributed by atoms with Crippen LogP contribution in [0.25, 0.3) is 0 Å². The van der Waals surface area contributed by atoms with Crippen LogP contribution in [0.4, 0.5) is 0 Å². The summed E-state index contributed by atoms with van der Waals surface area (Å²) in [6.07, 6.45) is 0. The summed E-state index contributed by atoms with van der Waals surface area (Å²) in [5.74, 6) is 1.26. The molecule has 0 saturated heterocycles. The molecule has 0 radical (unpaired) electrons. The van der Waals surface area contributed by atoms with Gasteiger partial charge in [0.25, 0.3) is 0 Å². The van der Waals surface area contributed by atoms with Crippen LogP contribution in [0.3, 0.4) is 0 Å². The van der Waals surface area contributed by atoms with Crippen LogP contribution >= 0.6 is 27.5 Å². The predicted octanol–water partition coefficient (Wildman–Crippen LogP) is 4.95. The number of hydrogen-bond donors (Lipinski definition) is 0. The minimum Gasteiger partial charge on any atom is -0.488 e. The second-order valence-corrected chi connectivity index (χ2v) is 5.56.